The minimum absolute atomic E-state index is 0.274. The molecular weight excluding hydrogens is 187 g/mol. The summed E-state index contributed by atoms with van der Waals surface area (Å²) in [6.45, 7) is 0. The minimum atomic E-state index is -0.972. The Labute approximate surface area is 82.7 Å². The molecule has 1 aliphatic carbocycles. The second-order valence-electron chi connectivity index (χ2n) is 4.02. The van der Waals surface area contributed by atoms with Gasteiger partial charge in [-0.15, -0.1) is 0 Å². The molecule has 4 N–H and O–H groups in total. The van der Waals surface area contributed by atoms with Gasteiger partial charge in [0, 0.05) is 10.6 Å². The van der Waals surface area contributed by atoms with Crippen LogP contribution in [0, 0.1) is 5.92 Å². The zero-order chi connectivity index (χ0) is 10.6. The molecule has 0 radical (unpaired) electrons. The molecule has 0 aromatic heterocycles. The van der Waals surface area contributed by atoms with Crippen molar-refractivity contribution in [3.8, 4) is 0 Å². The quantitative estimate of drug-likeness (QED) is 0.707. The van der Waals surface area contributed by atoms with Crippen LogP contribution in [-0.2, 0) is 9.74 Å². The van der Waals surface area contributed by atoms with Crippen molar-refractivity contribution >= 4 is 5.97 Å². The van der Waals surface area contributed by atoms with E-state index >= 15 is 0 Å². The third-order valence-electron chi connectivity index (χ3n) is 2.86. The molecule has 0 aromatic carbocycles. The van der Waals surface area contributed by atoms with Gasteiger partial charge in [-0.2, -0.15) is 0 Å². The molecule has 1 aliphatic rings. The summed E-state index contributed by atoms with van der Waals surface area (Å²) in [7, 11) is 0. The summed E-state index contributed by atoms with van der Waals surface area (Å²) in [5.41, 5.74) is 11.2. The van der Waals surface area contributed by atoms with Crippen LogP contribution in [0.15, 0.2) is 0 Å². The maximum Gasteiger partial charge on any atom is 0.365 e. The van der Waals surface area contributed by atoms with Crippen LogP contribution in [0.3, 0.4) is 0 Å². The summed E-state index contributed by atoms with van der Waals surface area (Å²) in [4.78, 5) is 13.8. The van der Waals surface area contributed by atoms with Crippen LogP contribution in [0.4, 0.5) is 4.53 Å². The normalized spacial score (nSPS) is 29.6. The highest BCUT2D eigenvalue weighted by Gasteiger charge is 2.24. The highest BCUT2D eigenvalue weighted by Crippen LogP contribution is 2.26. The Morgan fingerprint density at radius 2 is 2.00 bits per heavy atom. The van der Waals surface area contributed by atoms with E-state index in [2.05, 4.69) is 4.94 Å². The average molecular weight is 204 g/mol. The number of carbonyl (C=O) groups is 1. The molecule has 4 nitrogen and oxygen atoms in total. The maximum atomic E-state index is 11.5. The summed E-state index contributed by atoms with van der Waals surface area (Å²) in [5, 5.41) is 0. The zero-order valence-electron chi connectivity index (χ0n) is 8.12. The third kappa shape index (κ3) is 3.23. The van der Waals surface area contributed by atoms with Crippen molar-refractivity contribution in [2.75, 3.05) is 0 Å². The van der Waals surface area contributed by atoms with Crippen LogP contribution in [0.2, 0.25) is 0 Å². The van der Waals surface area contributed by atoms with E-state index in [-0.39, 0.29) is 6.04 Å². The summed E-state index contributed by atoms with van der Waals surface area (Å²) < 4.78 is 11.5. The van der Waals surface area contributed by atoms with Gasteiger partial charge in [0.05, 0.1) is 0 Å². The predicted octanol–water partition coefficient (Wildman–Crippen LogP) is 0.649. The third-order valence-corrected chi connectivity index (χ3v) is 2.86. The van der Waals surface area contributed by atoms with Crippen LogP contribution in [0.1, 0.15) is 32.1 Å². The molecule has 1 rings (SSSR count). The van der Waals surface area contributed by atoms with E-state index in [4.69, 9.17) is 11.5 Å². The lowest BCUT2D eigenvalue weighted by molar-refractivity contribution is -0.185. The monoisotopic (exact) mass is 204 g/mol. The van der Waals surface area contributed by atoms with Crippen molar-refractivity contribution in [2.45, 2.75) is 44.2 Å². The molecule has 0 amide bonds. The average Bonchev–Trinajstić information content (AvgIpc) is 2.20. The molecule has 5 heteroatoms. The standard InChI is InChI=1S/C9H17FN2O2/c10-14-9(13)8(12)5-6-1-3-7(11)4-2-6/h6-8H,1-5,11-12H2. The minimum Gasteiger partial charge on any atom is -0.328 e. The fourth-order valence-electron chi connectivity index (χ4n) is 1.94. The van der Waals surface area contributed by atoms with Crippen LogP contribution >= 0.6 is 0 Å². The molecule has 1 fully saturated rings. The highest BCUT2D eigenvalue weighted by molar-refractivity contribution is 5.74. The van der Waals surface area contributed by atoms with E-state index < -0.39 is 12.0 Å². The number of halogens is 1. The van der Waals surface area contributed by atoms with Gasteiger partial charge in [-0.05, 0) is 38.0 Å². The molecule has 0 saturated heterocycles. The molecule has 0 aromatic rings. The summed E-state index contributed by atoms with van der Waals surface area (Å²) in [5.74, 6) is -0.594. The van der Waals surface area contributed by atoms with Crippen LogP contribution in [0.25, 0.3) is 0 Å². The van der Waals surface area contributed by atoms with Crippen LogP contribution in [-0.4, -0.2) is 18.1 Å². The van der Waals surface area contributed by atoms with Gasteiger partial charge < -0.3 is 11.5 Å². The molecule has 82 valence electrons. The number of hydrogen-bond donors (Lipinski definition) is 2. The van der Waals surface area contributed by atoms with E-state index in [0.29, 0.717) is 12.3 Å². The van der Waals surface area contributed by atoms with E-state index in [1.54, 1.807) is 0 Å². The molecular formula is C9H17FN2O2. The van der Waals surface area contributed by atoms with Gasteiger partial charge in [-0.1, -0.05) is 0 Å². The van der Waals surface area contributed by atoms with Gasteiger partial charge in [0.15, 0.2) is 0 Å². The number of carbonyl (C=O) groups excluding carboxylic acids is 1. The Hall–Kier alpha value is -0.680. The molecule has 1 saturated carbocycles. The lowest BCUT2D eigenvalue weighted by Gasteiger charge is -2.26. The van der Waals surface area contributed by atoms with E-state index in [9.17, 15) is 9.32 Å². The zero-order valence-corrected chi connectivity index (χ0v) is 8.12. The smallest absolute Gasteiger partial charge is 0.328 e. The Morgan fingerprint density at radius 3 is 2.50 bits per heavy atom. The number of rotatable bonds is 3. The SMILES string of the molecule is NC1CCC(CC(N)C(=O)OF)CC1. The van der Waals surface area contributed by atoms with Crippen molar-refractivity contribution < 1.29 is 14.3 Å². The summed E-state index contributed by atoms with van der Waals surface area (Å²) in [6, 6.07) is -0.560. The molecule has 0 aliphatic heterocycles. The molecule has 14 heavy (non-hydrogen) atoms. The lowest BCUT2D eigenvalue weighted by Crippen LogP contribution is -2.35. The number of nitrogens with two attached hydrogens (primary N) is 2. The fourth-order valence-corrected chi connectivity index (χ4v) is 1.94. The predicted molar refractivity (Wildman–Crippen MR) is 49.7 cm³/mol. The van der Waals surface area contributed by atoms with Gasteiger partial charge in [0.1, 0.15) is 6.04 Å². The van der Waals surface area contributed by atoms with E-state index in [0.717, 1.165) is 25.7 Å². The lowest BCUT2D eigenvalue weighted by atomic mass is 9.83. The van der Waals surface area contributed by atoms with Crippen LogP contribution < -0.4 is 11.5 Å². The van der Waals surface area contributed by atoms with Crippen LogP contribution in [0.5, 0.6) is 0 Å². The molecule has 0 spiro atoms. The molecule has 1 atom stereocenters. The largest absolute Gasteiger partial charge is 0.365 e. The van der Waals surface area contributed by atoms with Crippen molar-refractivity contribution in [3.63, 3.8) is 0 Å². The van der Waals surface area contributed by atoms with Crippen molar-refractivity contribution in [1.29, 1.82) is 0 Å². The summed E-state index contributed by atoms with van der Waals surface area (Å²) in [6.07, 6.45) is 4.35. The van der Waals surface area contributed by atoms with Gasteiger partial charge in [-0.25, -0.2) is 4.79 Å². The molecule has 1 unspecified atom stereocenters. The Kier molecular flexibility index (Phi) is 4.28. The maximum absolute atomic E-state index is 11.5. The highest BCUT2D eigenvalue weighted by atomic mass is 19.3. The van der Waals surface area contributed by atoms with Gasteiger partial charge in [0.2, 0.25) is 0 Å². The van der Waals surface area contributed by atoms with Gasteiger partial charge >= 0.3 is 5.97 Å². The Balaban J connectivity index is 2.27. The molecule has 0 bridgehead atoms. The van der Waals surface area contributed by atoms with Crippen molar-refractivity contribution in [1.82, 2.24) is 0 Å². The Morgan fingerprint density at radius 1 is 1.43 bits per heavy atom. The topological polar surface area (TPSA) is 78.3 Å². The van der Waals surface area contributed by atoms with Gasteiger partial charge in [-0.3, -0.25) is 4.94 Å². The summed E-state index contributed by atoms with van der Waals surface area (Å²) >= 11 is 0. The first kappa shape index (κ1) is 11.4. The van der Waals surface area contributed by atoms with Crippen molar-refractivity contribution in [2.24, 2.45) is 17.4 Å². The Bertz CT molecular complexity index is 193. The second-order valence-corrected chi connectivity index (χ2v) is 4.02. The second kappa shape index (κ2) is 5.26. The molecule has 0 heterocycles. The van der Waals surface area contributed by atoms with Crippen molar-refractivity contribution in [3.05, 3.63) is 0 Å². The first-order valence-corrected chi connectivity index (χ1v) is 4.97. The van der Waals surface area contributed by atoms with Gasteiger partial charge in [0.25, 0.3) is 0 Å². The first-order valence-electron chi connectivity index (χ1n) is 4.97. The number of hydrogen-bond acceptors (Lipinski definition) is 4. The van der Waals surface area contributed by atoms with E-state index in [1.807, 2.05) is 0 Å². The fraction of sp³-hybridized carbons (Fsp3) is 0.889. The first-order chi connectivity index (χ1) is 6.63. The van der Waals surface area contributed by atoms with E-state index in [1.165, 1.54) is 0 Å².